The predicted molar refractivity (Wildman–Crippen MR) is 86.1 cm³/mol. The van der Waals surface area contributed by atoms with Crippen LogP contribution in [-0.2, 0) is 17.8 Å². The van der Waals surface area contributed by atoms with Gasteiger partial charge in [-0.05, 0) is 31.4 Å². The molecule has 2 aromatic heterocycles. The molecule has 1 N–H and O–H groups in total. The Balaban J connectivity index is 1.39. The Kier molecular flexibility index (Phi) is 3.69. The van der Waals surface area contributed by atoms with E-state index in [4.69, 9.17) is 0 Å². The van der Waals surface area contributed by atoms with Gasteiger partial charge in [-0.3, -0.25) is 4.79 Å². The third-order valence-corrected chi connectivity index (χ3v) is 4.66. The molecule has 0 aromatic carbocycles. The fourth-order valence-electron chi connectivity index (χ4n) is 3.30. The molecule has 23 heavy (non-hydrogen) atoms. The van der Waals surface area contributed by atoms with E-state index < -0.39 is 0 Å². The topological polar surface area (TPSA) is 75.9 Å². The maximum absolute atomic E-state index is 12.4. The van der Waals surface area contributed by atoms with E-state index in [1.165, 1.54) is 12.8 Å². The fraction of sp³-hybridized carbons (Fsp3) is 0.500. The van der Waals surface area contributed by atoms with Crippen LogP contribution in [0.2, 0.25) is 0 Å². The average Bonchev–Trinajstić information content (AvgIpc) is 3.26. The van der Waals surface area contributed by atoms with E-state index in [-0.39, 0.29) is 11.8 Å². The number of carbonyl (C=O) groups is 1. The summed E-state index contributed by atoms with van der Waals surface area (Å²) >= 11 is 0. The highest BCUT2D eigenvalue weighted by molar-refractivity contribution is 5.92. The lowest BCUT2D eigenvalue weighted by atomic mass is 9.97. The summed E-state index contributed by atoms with van der Waals surface area (Å²) in [6.45, 7) is 2.94. The van der Waals surface area contributed by atoms with Crippen molar-refractivity contribution in [3.05, 3.63) is 30.5 Å². The summed E-state index contributed by atoms with van der Waals surface area (Å²) in [4.78, 5) is 19.2. The van der Waals surface area contributed by atoms with Gasteiger partial charge in [-0.2, -0.15) is 0 Å². The van der Waals surface area contributed by atoms with Crippen LogP contribution in [0.4, 0.5) is 11.5 Å². The molecule has 7 heteroatoms. The van der Waals surface area contributed by atoms with Crippen molar-refractivity contribution in [1.82, 2.24) is 19.7 Å². The summed E-state index contributed by atoms with van der Waals surface area (Å²) in [5.74, 6) is 1.87. The molecule has 0 bridgehead atoms. The number of hydrogen-bond acceptors (Lipinski definition) is 5. The molecular weight excluding hydrogens is 292 g/mol. The van der Waals surface area contributed by atoms with Gasteiger partial charge < -0.3 is 14.8 Å². The molecule has 1 atom stereocenters. The Bertz CT molecular complexity index is 689. The zero-order valence-electron chi connectivity index (χ0n) is 13.0. The van der Waals surface area contributed by atoms with Crippen molar-refractivity contribution in [2.24, 2.45) is 5.92 Å². The fourth-order valence-corrected chi connectivity index (χ4v) is 3.30. The van der Waals surface area contributed by atoms with Gasteiger partial charge in [0.2, 0.25) is 5.91 Å². The predicted octanol–water partition coefficient (Wildman–Crippen LogP) is 1.47. The number of carbonyl (C=O) groups excluding carboxylic acids is 1. The van der Waals surface area contributed by atoms with E-state index in [1.807, 2.05) is 16.7 Å². The molecule has 1 amide bonds. The summed E-state index contributed by atoms with van der Waals surface area (Å²) in [5.41, 5.74) is 0.755. The molecule has 4 rings (SSSR count). The number of aryl methyl sites for hydroxylation is 1. The van der Waals surface area contributed by atoms with Gasteiger partial charge in [-0.15, -0.1) is 10.2 Å². The highest BCUT2D eigenvalue weighted by atomic mass is 16.1. The molecule has 0 aliphatic carbocycles. The van der Waals surface area contributed by atoms with Crippen molar-refractivity contribution in [3.63, 3.8) is 0 Å². The monoisotopic (exact) mass is 312 g/mol. The standard InChI is InChI=1S/C16H20N6O/c23-16(12-5-8-22-11-18-20-15(22)9-12)19-13-3-4-14(17-10-13)21-6-1-2-7-21/h3-4,10-12H,1-2,5-9H2,(H,19,23). The van der Waals surface area contributed by atoms with E-state index in [9.17, 15) is 4.79 Å². The first kappa shape index (κ1) is 14.2. The Morgan fingerprint density at radius 1 is 1.22 bits per heavy atom. The molecule has 0 saturated carbocycles. The zero-order valence-corrected chi connectivity index (χ0v) is 13.0. The second kappa shape index (κ2) is 5.98. The molecular formula is C16H20N6O. The van der Waals surface area contributed by atoms with Gasteiger partial charge in [0.15, 0.2) is 0 Å². The van der Waals surface area contributed by atoms with Gasteiger partial charge in [0.25, 0.3) is 0 Å². The Hall–Kier alpha value is -2.44. The highest BCUT2D eigenvalue weighted by Crippen LogP contribution is 2.22. The maximum Gasteiger partial charge on any atom is 0.228 e. The SMILES string of the molecule is O=C(Nc1ccc(N2CCCC2)nc1)C1CCn2cnnc2C1. The number of nitrogens with one attached hydrogen (secondary N) is 1. The van der Waals surface area contributed by atoms with Crippen LogP contribution in [0.3, 0.4) is 0 Å². The highest BCUT2D eigenvalue weighted by Gasteiger charge is 2.26. The van der Waals surface area contributed by atoms with Crippen molar-refractivity contribution < 1.29 is 4.79 Å². The van der Waals surface area contributed by atoms with E-state index in [1.54, 1.807) is 12.5 Å². The molecule has 2 aliphatic rings. The minimum Gasteiger partial charge on any atom is -0.357 e. The van der Waals surface area contributed by atoms with Crippen LogP contribution in [0.15, 0.2) is 24.7 Å². The van der Waals surface area contributed by atoms with Crippen LogP contribution in [0.5, 0.6) is 0 Å². The van der Waals surface area contributed by atoms with Crippen LogP contribution < -0.4 is 10.2 Å². The quantitative estimate of drug-likeness (QED) is 0.929. The lowest BCUT2D eigenvalue weighted by Crippen LogP contribution is -2.30. The summed E-state index contributed by atoms with van der Waals surface area (Å²) in [6, 6.07) is 3.92. The number of amides is 1. The molecule has 1 fully saturated rings. The first-order chi connectivity index (χ1) is 11.3. The second-order valence-electron chi connectivity index (χ2n) is 6.22. The number of nitrogens with zero attached hydrogens (tertiary/aromatic N) is 5. The van der Waals surface area contributed by atoms with E-state index in [0.29, 0.717) is 6.42 Å². The Labute approximate surface area is 134 Å². The van der Waals surface area contributed by atoms with Gasteiger partial charge >= 0.3 is 0 Å². The van der Waals surface area contributed by atoms with Crippen molar-refractivity contribution in [3.8, 4) is 0 Å². The molecule has 2 aliphatic heterocycles. The van der Waals surface area contributed by atoms with Gasteiger partial charge in [0.05, 0.1) is 11.9 Å². The lowest BCUT2D eigenvalue weighted by Gasteiger charge is -2.22. The van der Waals surface area contributed by atoms with Crippen molar-refractivity contribution >= 4 is 17.4 Å². The number of anilines is 2. The molecule has 120 valence electrons. The number of rotatable bonds is 3. The van der Waals surface area contributed by atoms with Crippen molar-refractivity contribution in [2.75, 3.05) is 23.3 Å². The van der Waals surface area contributed by atoms with Crippen LogP contribution in [0.25, 0.3) is 0 Å². The molecule has 2 aromatic rings. The Morgan fingerprint density at radius 2 is 2.09 bits per heavy atom. The molecule has 1 saturated heterocycles. The lowest BCUT2D eigenvalue weighted by molar-refractivity contribution is -0.120. The summed E-state index contributed by atoms with van der Waals surface area (Å²) < 4.78 is 2.01. The molecule has 0 spiro atoms. The number of aromatic nitrogens is 4. The van der Waals surface area contributed by atoms with Crippen LogP contribution in [0, 0.1) is 5.92 Å². The van der Waals surface area contributed by atoms with Crippen LogP contribution >= 0.6 is 0 Å². The van der Waals surface area contributed by atoms with Gasteiger partial charge in [-0.1, -0.05) is 0 Å². The molecule has 1 unspecified atom stereocenters. The second-order valence-corrected chi connectivity index (χ2v) is 6.22. The van der Waals surface area contributed by atoms with E-state index in [2.05, 4.69) is 25.4 Å². The van der Waals surface area contributed by atoms with Crippen LogP contribution in [-0.4, -0.2) is 38.7 Å². The normalized spacial score (nSPS) is 20.3. The molecule has 7 nitrogen and oxygen atoms in total. The first-order valence-corrected chi connectivity index (χ1v) is 8.18. The molecule has 0 radical (unpaired) electrons. The van der Waals surface area contributed by atoms with Crippen molar-refractivity contribution in [2.45, 2.75) is 32.2 Å². The summed E-state index contributed by atoms with van der Waals surface area (Å²) in [7, 11) is 0. The van der Waals surface area contributed by atoms with Crippen molar-refractivity contribution in [1.29, 1.82) is 0 Å². The number of pyridine rings is 1. The Morgan fingerprint density at radius 3 is 2.87 bits per heavy atom. The maximum atomic E-state index is 12.4. The average molecular weight is 312 g/mol. The third kappa shape index (κ3) is 2.91. The number of hydrogen-bond donors (Lipinski definition) is 1. The van der Waals surface area contributed by atoms with Crippen LogP contribution in [0.1, 0.15) is 25.1 Å². The van der Waals surface area contributed by atoms with Gasteiger partial charge in [0.1, 0.15) is 18.0 Å². The summed E-state index contributed by atoms with van der Waals surface area (Å²) in [6.07, 6.45) is 7.39. The third-order valence-electron chi connectivity index (χ3n) is 4.66. The van der Waals surface area contributed by atoms with E-state index >= 15 is 0 Å². The van der Waals surface area contributed by atoms with E-state index in [0.717, 1.165) is 43.4 Å². The smallest absolute Gasteiger partial charge is 0.228 e. The van der Waals surface area contributed by atoms with Gasteiger partial charge in [-0.25, -0.2) is 4.98 Å². The minimum atomic E-state index is -0.0510. The summed E-state index contributed by atoms with van der Waals surface area (Å²) in [5, 5.41) is 10.9. The first-order valence-electron chi connectivity index (χ1n) is 8.18. The van der Waals surface area contributed by atoms with Gasteiger partial charge in [0, 0.05) is 32.0 Å². The largest absolute Gasteiger partial charge is 0.357 e. The number of fused-ring (bicyclic) bond motifs is 1. The minimum absolute atomic E-state index is 0.0370. The zero-order chi connectivity index (χ0) is 15.6. The molecule has 4 heterocycles.